The van der Waals surface area contributed by atoms with Gasteiger partial charge in [-0.15, -0.1) is 0 Å². The maximum atomic E-state index is 4.75. The Morgan fingerprint density at radius 2 is 2.10 bits per heavy atom. The standard InChI is InChI=1S/C6H11NO.C2H6/c1-2-8-7-5-6-3-4-6;1-2/h5-6H,2-4H2,1H3;1-2H3/b7-5+;. The average molecular weight is 143 g/mol. The monoisotopic (exact) mass is 143 g/mol. The quantitative estimate of drug-likeness (QED) is 0.439. The number of oxime groups is 1. The van der Waals surface area contributed by atoms with Crippen molar-refractivity contribution in [1.82, 2.24) is 0 Å². The normalized spacial score (nSPS) is 16.3. The summed E-state index contributed by atoms with van der Waals surface area (Å²) in [4.78, 5) is 4.75. The third-order valence-electron chi connectivity index (χ3n) is 1.10. The molecule has 2 heteroatoms. The van der Waals surface area contributed by atoms with Gasteiger partial charge in [-0.2, -0.15) is 0 Å². The van der Waals surface area contributed by atoms with Crippen LogP contribution in [0.25, 0.3) is 0 Å². The second-order valence-corrected chi connectivity index (χ2v) is 2.01. The Labute approximate surface area is 63.3 Å². The van der Waals surface area contributed by atoms with E-state index in [4.69, 9.17) is 4.84 Å². The zero-order valence-corrected chi connectivity index (χ0v) is 7.13. The Morgan fingerprint density at radius 3 is 2.50 bits per heavy atom. The van der Waals surface area contributed by atoms with Gasteiger partial charge in [0.15, 0.2) is 0 Å². The first-order valence-electron chi connectivity index (χ1n) is 4.09. The Kier molecular flexibility index (Phi) is 6.24. The van der Waals surface area contributed by atoms with Crippen LogP contribution in [0, 0.1) is 5.92 Å². The van der Waals surface area contributed by atoms with Crippen LogP contribution < -0.4 is 0 Å². The van der Waals surface area contributed by atoms with E-state index in [1.165, 1.54) is 12.8 Å². The lowest BCUT2D eigenvalue weighted by Gasteiger charge is -1.87. The minimum absolute atomic E-state index is 0.684. The summed E-state index contributed by atoms with van der Waals surface area (Å²) in [5, 5.41) is 3.73. The summed E-state index contributed by atoms with van der Waals surface area (Å²) in [6.07, 6.45) is 4.50. The highest BCUT2D eigenvalue weighted by Crippen LogP contribution is 2.26. The SMILES string of the molecule is CC.CCO/N=C/C1CC1. The fraction of sp³-hybridized carbons (Fsp3) is 0.875. The van der Waals surface area contributed by atoms with Gasteiger partial charge in [0.1, 0.15) is 6.61 Å². The molecule has 10 heavy (non-hydrogen) atoms. The summed E-state index contributed by atoms with van der Waals surface area (Å²) in [6, 6.07) is 0. The number of hydrogen-bond acceptors (Lipinski definition) is 2. The van der Waals surface area contributed by atoms with Gasteiger partial charge in [-0.1, -0.05) is 19.0 Å². The van der Waals surface area contributed by atoms with Gasteiger partial charge >= 0.3 is 0 Å². The van der Waals surface area contributed by atoms with E-state index in [-0.39, 0.29) is 0 Å². The molecule has 2 nitrogen and oxygen atoms in total. The Balaban J connectivity index is 0.000000371. The fourth-order valence-corrected chi connectivity index (χ4v) is 0.449. The zero-order valence-electron chi connectivity index (χ0n) is 7.13. The molecule has 60 valence electrons. The zero-order chi connectivity index (χ0) is 7.82. The maximum absolute atomic E-state index is 4.75. The van der Waals surface area contributed by atoms with E-state index < -0.39 is 0 Å². The van der Waals surface area contributed by atoms with E-state index in [1.54, 1.807) is 0 Å². The molecule has 0 unspecified atom stereocenters. The fourth-order valence-electron chi connectivity index (χ4n) is 0.449. The molecule has 0 N–H and O–H groups in total. The van der Waals surface area contributed by atoms with E-state index in [0.29, 0.717) is 6.61 Å². The summed E-state index contributed by atoms with van der Waals surface area (Å²) >= 11 is 0. The van der Waals surface area contributed by atoms with Crippen molar-refractivity contribution in [2.75, 3.05) is 6.61 Å². The number of hydrogen-bond donors (Lipinski definition) is 0. The highest BCUT2D eigenvalue weighted by molar-refractivity contribution is 5.62. The third kappa shape index (κ3) is 5.60. The minimum Gasteiger partial charge on any atom is -0.396 e. The van der Waals surface area contributed by atoms with Crippen molar-refractivity contribution in [3.63, 3.8) is 0 Å². The molecule has 0 aromatic heterocycles. The highest BCUT2D eigenvalue weighted by Gasteiger charge is 2.18. The largest absolute Gasteiger partial charge is 0.396 e. The summed E-state index contributed by atoms with van der Waals surface area (Å²) in [5.74, 6) is 0.738. The molecule has 1 aliphatic carbocycles. The van der Waals surface area contributed by atoms with Crippen molar-refractivity contribution in [2.45, 2.75) is 33.6 Å². The van der Waals surface area contributed by atoms with Crippen LogP contribution in [0.3, 0.4) is 0 Å². The molecule has 0 atom stereocenters. The van der Waals surface area contributed by atoms with E-state index in [0.717, 1.165) is 5.92 Å². The van der Waals surface area contributed by atoms with Crippen molar-refractivity contribution >= 4 is 6.21 Å². The lowest BCUT2D eigenvalue weighted by atomic mass is 10.5. The van der Waals surface area contributed by atoms with E-state index >= 15 is 0 Å². The van der Waals surface area contributed by atoms with Crippen LogP contribution in [0.2, 0.25) is 0 Å². The summed E-state index contributed by atoms with van der Waals surface area (Å²) in [7, 11) is 0. The lowest BCUT2D eigenvalue weighted by molar-refractivity contribution is 0.159. The predicted octanol–water partition coefficient (Wildman–Crippen LogP) is 2.44. The summed E-state index contributed by atoms with van der Waals surface area (Å²) in [6.45, 7) is 6.62. The van der Waals surface area contributed by atoms with E-state index in [2.05, 4.69) is 5.16 Å². The first-order valence-corrected chi connectivity index (χ1v) is 4.09. The van der Waals surface area contributed by atoms with Crippen molar-refractivity contribution in [1.29, 1.82) is 0 Å². The average Bonchev–Trinajstić information content (AvgIpc) is 2.77. The van der Waals surface area contributed by atoms with Gasteiger partial charge in [0, 0.05) is 6.21 Å². The van der Waals surface area contributed by atoms with Crippen LogP contribution >= 0.6 is 0 Å². The molecule has 1 aliphatic rings. The molecule has 0 radical (unpaired) electrons. The summed E-state index contributed by atoms with van der Waals surface area (Å²) < 4.78 is 0. The van der Waals surface area contributed by atoms with Gasteiger partial charge in [-0.3, -0.25) is 0 Å². The molecule has 0 spiro atoms. The second kappa shape index (κ2) is 6.59. The van der Waals surface area contributed by atoms with Crippen LogP contribution in [0.5, 0.6) is 0 Å². The van der Waals surface area contributed by atoms with Crippen molar-refractivity contribution in [3.05, 3.63) is 0 Å². The molecule has 1 saturated carbocycles. The molecular weight excluding hydrogens is 126 g/mol. The van der Waals surface area contributed by atoms with Crippen LogP contribution in [0.15, 0.2) is 5.16 Å². The number of nitrogens with zero attached hydrogens (tertiary/aromatic N) is 1. The molecule has 0 amide bonds. The molecule has 1 fully saturated rings. The van der Waals surface area contributed by atoms with Crippen LogP contribution in [-0.2, 0) is 4.84 Å². The van der Waals surface area contributed by atoms with Gasteiger partial charge in [0.25, 0.3) is 0 Å². The second-order valence-electron chi connectivity index (χ2n) is 2.01. The molecule has 0 bridgehead atoms. The first-order chi connectivity index (χ1) is 4.93. The topological polar surface area (TPSA) is 21.6 Å². The van der Waals surface area contributed by atoms with Crippen LogP contribution in [-0.4, -0.2) is 12.8 Å². The smallest absolute Gasteiger partial charge is 0.114 e. The minimum atomic E-state index is 0.684. The van der Waals surface area contributed by atoms with Gasteiger partial charge in [-0.25, -0.2) is 0 Å². The molecule has 0 aromatic carbocycles. The van der Waals surface area contributed by atoms with Crippen molar-refractivity contribution < 1.29 is 4.84 Å². The van der Waals surface area contributed by atoms with Crippen LogP contribution in [0.4, 0.5) is 0 Å². The van der Waals surface area contributed by atoms with Gasteiger partial charge in [0.05, 0.1) is 0 Å². The molecule has 0 saturated heterocycles. The van der Waals surface area contributed by atoms with Crippen molar-refractivity contribution in [3.8, 4) is 0 Å². The Morgan fingerprint density at radius 1 is 1.50 bits per heavy atom. The van der Waals surface area contributed by atoms with Crippen molar-refractivity contribution in [2.24, 2.45) is 11.1 Å². The maximum Gasteiger partial charge on any atom is 0.114 e. The van der Waals surface area contributed by atoms with E-state index in [1.807, 2.05) is 27.0 Å². The Bertz CT molecular complexity index is 87.3. The Hall–Kier alpha value is -0.530. The van der Waals surface area contributed by atoms with Crippen LogP contribution in [0.1, 0.15) is 33.6 Å². The molecule has 0 aliphatic heterocycles. The predicted molar refractivity (Wildman–Crippen MR) is 44.2 cm³/mol. The van der Waals surface area contributed by atoms with Gasteiger partial charge < -0.3 is 4.84 Å². The molecule has 0 heterocycles. The van der Waals surface area contributed by atoms with Gasteiger partial charge in [0.2, 0.25) is 0 Å². The first kappa shape index (κ1) is 9.47. The highest BCUT2D eigenvalue weighted by atomic mass is 16.6. The van der Waals surface area contributed by atoms with Gasteiger partial charge in [-0.05, 0) is 25.7 Å². The van der Waals surface area contributed by atoms with E-state index in [9.17, 15) is 0 Å². The summed E-state index contributed by atoms with van der Waals surface area (Å²) in [5.41, 5.74) is 0. The molecular formula is C8H17NO. The molecule has 1 rings (SSSR count). The molecule has 0 aromatic rings. The third-order valence-corrected chi connectivity index (χ3v) is 1.10. The number of rotatable bonds is 3. The lowest BCUT2D eigenvalue weighted by Crippen LogP contribution is -1.81.